The lowest BCUT2D eigenvalue weighted by Gasteiger charge is -2.07. The van der Waals surface area contributed by atoms with Crippen LogP contribution in [0.1, 0.15) is 5.56 Å². The molecule has 58 valence electrons. The Labute approximate surface area is 65.6 Å². The van der Waals surface area contributed by atoms with Crippen molar-refractivity contribution in [1.82, 2.24) is 0 Å². The van der Waals surface area contributed by atoms with E-state index in [2.05, 4.69) is 5.29 Å². The molecule has 11 heavy (non-hydrogen) atoms. The van der Waals surface area contributed by atoms with Crippen molar-refractivity contribution in [3.8, 4) is 0 Å². The number of hydrogen-bond acceptors (Lipinski definition) is 2. The van der Waals surface area contributed by atoms with Crippen molar-refractivity contribution in [2.75, 3.05) is 12.1 Å². The lowest BCUT2D eigenvalue weighted by molar-refractivity contribution is 1.00. The van der Waals surface area contributed by atoms with Crippen LogP contribution in [0, 0.1) is 11.8 Å². The van der Waals surface area contributed by atoms with Crippen molar-refractivity contribution in [2.24, 2.45) is 5.29 Å². The van der Waals surface area contributed by atoms with Gasteiger partial charge in [0.05, 0.1) is 11.0 Å². The summed E-state index contributed by atoms with van der Waals surface area (Å²) in [5.41, 5.74) is 1.94. The molecule has 0 radical (unpaired) electrons. The second-order valence-corrected chi connectivity index (χ2v) is 2.44. The second kappa shape index (κ2) is 3.14. The van der Waals surface area contributed by atoms with Crippen LogP contribution in [-0.2, 0) is 0 Å². The van der Waals surface area contributed by atoms with E-state index >= 15 is 0 Å². The van der Waals surface area contributed by atoms with Crippen LogP contribution in [-0.4, -0.2) is 7.05 Å². The summed E-state index contributed by atoms with van der Waals surface area (Å²) in [5, 5.41) is 4.08. The second-order valence-electron chi connectivity index (χ2n) is 2.44. The lowest BCUT2D eigenvalue weighted by Crippen LogP contribution is -2.06. The largest absolute Gasteiger partial charge is 0.232 e. The Bertz CT molecular complexity index is 260. The molecule has 1 rings (SSSR count). The van der Waals surface area contributed by atoms with Gasteiger partial charge >= 0.3 is 0 Å². The van der Waals surface area contributed by atoms with Crippen molar-refractivity contribution in [3.05, 3.63) is 34.7 Å². The van der Waals surface area contributed by atoms with Gasteiger partial charge in [-0.05, 0) is 24.6 Å². The smallest absolute Gasteiger partial charge is 0.0625 e. The molecule has 0 aliphatic rings. The third-order valence-electron chi connectivity index (χ3n) is 1.50. The summed E-state index contributed by atoms with van der Waals surface area (Å²) in [7, 11) is 1.63. The normalized spacial score (nSPS) is 9.27. The molecule has 3 nitrogen and oxygen atoms in total. The zero-order chi connectivity index (χ0) is 8.27. The molecule has 0 amide bonds. The average Bonchev–Trinajstić information content (AvgIpc) is 2.03. The van der Waals surface area contributed by atoms with Crippen molar-refractivity contribution >= 4 is 5.69 Å². The van der Waals surface area contributed by atoms with Gasteiger partial charge in [-0.1, -0.05) is 12.1 Å². The molecule has 0 saturated heterocycles. The molecule has 0 aromatic heterocycles. The van der Waals surface area contributed by atoms with E-state index < -0.39 is 0 Å². The monoisotopic (exact) mass is 150 g/mol. The van der Waals surface area contributed by atoms with Crippen molar-refractivity contribution in [2.45, 2.75) is 6.92 Å². The summed E-state index contributed by atoms with van der Waals surface area (Å²) in [5.74, 6) is 0. The fraction of sp³-hybridized carbons (Fsp3) is 0.250. The third-order valence-corrected chi connectivity index (χ3v) is 1.50. The van der Waals surface area contributed by atoms with Crippen LogP contribution in [0.2, 0.25) is 0 Å². The first-order chi connectivity index (χ1) is 5.24. The van der Waals surface area contributed by atoms with Crippen molar-refractivity contribution in [1.29, 1.82) is 0 Å². The molecule has 3 heteroatoms. The Kier molecular flexibility index (Phi) is 2.21. The SMILES string of the molecule is Cc1cccc(N(C)N=O)c1. The molecule has 1 aromatic carbocycles. The fourth-order valence-electron chi connectivity index (χ4n) is 0.876. The molecule has 0 N–H and O–H groups in total. The minimum absolute atomic E-state index is 0.819. The van der Waals surface area contributed by atoms with Crippen LogP contribution in [0.4, 0.5) is 5.69 Å². The Balaban J connectivity index is 2.95. The van der Waals surface area contributed by atoms with E-state index in [1.165, 1.54) is 5.01 Å². The van der Waals surface area contributed by atoms with Crippen LogP contribution >= 0.6 is 0 Å². The van der Waals surface area contributed by atoms with Gasteiger partial charge in [-0.15, -0.1) is 4.91 Å². The number of hydrogen-bond donors (Lipinski definition) is 0. The van der Waals surface area contributed by atoms with Crippen molar-refractivity contribution in [3.63, 3.8) is 0 Å². The molecule has 0 fully saturated rings. The number of nitrogens with zero attached hydrogens (tertiary/aromatic N) is 2. The highest BCUT2D eigenvalue weighted by Crippen LogP contribution is 2.13. The molecular formula is C8H10N2O. The molecule has 0 aliphatic carbocycles. The van der Waals surface area contributed by atoms with E-state index in [0.717, 1.165) is 11.3 Å². The van der Waals surface area contributed by atoms with Gasteiger partial charge in [0, 0.05) is 7.05 Å². The molecule has 0 aliphatic heterocycles. The zero-order valence-electron chi connectivity index (χ0n) is 6.61. The maximum Gasteiger partial charge on any atom is 0.0625 e. The molecule has 0 bridgehead atoms. The van der Waals surface area contributed by atoms with Crippen LogP contribution in [0.25, 0.3) is 0 Å². The van der Waals surface area contributed by atoms with E-state index in [1.807, 2.05) is 31.2 Å². The maximum atomic E-state index is 10.1. The fourth-order valence-corrected chi connectivity index (χ4v) is 0.876. The van der Waals surface area contributed by atoms with Crippen molar-refractivity contribution < 1.29 is 0 Å². The Hall–Kier alpha value is -1.38. The summed E-state index contributed by atoms with van der Waals surface area (Å²) < 4.78 is 0. The van der Waals surface area contributed by atoms with E-state index in [9.17, 15) is 4.91 Å². The molecule has 1 aromatic rings. The minimum Gasteiger partial charge on any atom is -0.232 e. The van der Waals surface area contributed by atoms with E-state index in [-0.39, 0.29) is 0 Å². The number of aryl methyl sites for hydroxylation is 1. The van der Waals surface area contributed by atoms with Gasteiger partial charge in [0.1, 0.15) is 0 Å². The predicted molar refractivity (Wildman–Crippen MR) is 45.4 cm³/mol. The molecule has 0 heterocycles. The van der Waals surface area contributed by atoms with Gasteiger partial charge in [-0.3, -0.25) is 0 Å². The van der Waals surface area contributed by atoms with E-state index in [4.69, 9.17) is 0 Å². The van der Waals surface area contributed by atoms with Crippen LogP contribution in [0.5, 0.6) is 0 Å². The van der Waals surface area contributed by atoms with Gasteiger partial charge in [-0.25, -0.2) is 5.01 Å². The summed E-state index contributed by atoms with van der Waals surface area (Å²) in [6.45, 7) is 1.97. The molecule has 0 saturated carbocycles. The van der Waals surface area contributed by atoms with Gasteiger partial charge in [0.15, 0.2) is 0 Å². The van der Waals surface area contributed by atoms with E-state index in [1.54, 1.807) is 7.05 Å². The number of rotatable bonds is 2. The summed E-state index contributed by atoms with van der Waals surface area (Å²) >= 11 is 0. The highest BCUT2D eigenvalue weighted by atomic mass is 16.3. The zero-order valence-corrected chi connectivity index (χ0v) is 6.61. The molecular weight excluding hydrogens is 140 g/mol. The average molecular weight is 150 g/mol. The standard InChI is InChI=1S/C8H10N2O/c1-7-4-3-5-8(6-7)10(2)9-11/h3-6H,1-2H3. The Morgan fingerprint density at radius 3 is 2.73 bits per heavy atom. The topological polar surface area (TPSA) is 32.7 Å². The number of anilines is 1. The summed E-state index contributed by atoms with van der Waals surface area (Å²) in [4.78, 5) is 10.1. The Morgan fingerprint density at radius 1 is 1.45 bits per heavy atom. The highest BCUT2D eigenvalue weighted by molar-refractivity contribution is 5.46. The van der Waals surface area contributed by atoms with E-state index in [0.29, 0.717) is 0 Å². The first-order valence-corrected chi connectivity index (χ1v) is 3.37. The maximum absolute atomic E-state index is 10.1. The van der Waals surface area contributed by atoms with Gasteiger partial charge in [-0.2, -0.15) is 0 Å². The Morgan fingerprint density at radius 2 is 2.18 bits per heavy atom. The first-order valence-electron chi connectivity index (χ1n) is 3.37. The van der Waals surface area contributed by atoms with Crippen LogP contribution < -0.4 is 5.01 Å². The quantitative estimate of drug-likeness (QED) is 0.477. The molecule has 0 atom stereocenters. The highest BCUT2D eigenvalue weighted by Gasteiger charge is 1.97. The van der Waals surface area contributed by atoms with Gasteiger partial charge < -0.3 is 0 Å². The van der Waals surface area contributed by atoms with Gasteiger partial charge in [0.25, 0.3) is 0 Å². The third kappa shape index (κ3) is 1.77. The minimum atomic E-state index is 0.819. The summed E-state index contributed by atoms with van der Waals surface area (Å²) in [6, 6.07) is 7.62. The molecule has 0 spiro atoms. The number of benzene rings is 1. The van der Waals surface area contributed by atoms with Gasteiger partial charge in [0.2, 0.25) is 0 Å². The molecule has 0 unspecified atom stereocenters. The lowest BCUT2D eigenvalue weighted by atomic mass is 10.2. The predicted octanol–water partition coefficient (Wildman–Crippen LogP) is 2.11. The number of nitroso groups, excluding NO2 is 1. The first kappa shape index (κ1) is 7.72. The summed E-state index contributed by atoms with van der Waals surface area (Å²) in [6.07, 6.45) is 0. The van der Waals surface area contributed by atoms with Crippen LogP contribution in [0.15, 0.2) is 29.6 Å². The van der Waals surface area contributed by atoms with Crippen LogP contribution in [0.3, 0.4) is 0 Å².